The van der Waals surface area contributed by atoms with E-state index in [1.165, 1.54) is 22.3 Å². The molecule has 0 unspecified atom stereocenters. The van der Waals surface area contributed by atoms with Gasteiger partial charge in [0.25, 0.3) is 0 Å². The summed E-state index contributed by atoms with van der Waals surface area (Å²) < 4.78 is 13.1. The summed E-state index contributed by atoms with van der Waals surface area (Å²) in [5.74, 6) is 0.392. The molecule has 2 aromatic rings. The Bertz CT molecular complexity index is 823. The zero-order valence-corrected chi connectivity index (χ0v) is 16.2. The number of rotatable bonds is 5. The Labute approximate surface area is 156 Å². The van der Waals surface area contributed by atoms with Crippen molar-refractivity contribution in [1.29, 1.82) is 0 Å². The molecule has 2 aromatic carbocycles. The molecule has 1 fully saturated rings. The van der Waals surface area contributed by atoms with Gasteiger partial charge in [-0.05, 0) is 48.1 Å². The van der Waals surface area contributed by atoms with E-state index >= 15 is 0 Å². The predicted molar refractivity (Wildman–Crippen MR) is 106 cm³/mol. The molecular weight excluding hydrogens is 320 g/mol. The van der Waals surface area contributed by atoms with Crippen LogP contribution in [0.4, 0.5) is 0 Å². The van der Waals surface area contributed by atoms with E-state index in [1.807, 2.05) is 0 Å². The standard InChI is InChI=1S/C24H28O2/c1-17(2)24-15-22(25-16-20-13-9-8-10-18(20)3)23(4,26-24)14-21(24)19-11-6-5-7-12-19/h5-14,17,22H,15-16H2,1-4H3/t22-,23+,24-/m1/s1. The molecule has 0 spiro atoms. The molecule has 0 amide bonds. The average molecular weight is 348 g/mol. The first-order valence-electron chi connectivity index (χ1n) is 9.60. The van der Waals surface area contributed by atoms with E-state index in [4.69, 9.17) is 9.47 Å². The smallest absolute Gasteiger partial charge is 0.112 e. The topological polar surface area (TPSA) is 18.5 Å². The van der Waals surface area contributed by atoms with Gasteiger partial charge in [0.05, 0.1) is 18.3 Å². The molecule has 4 rings (SSSR count). The molecule has 2 nitrogen and oxygen atoms in total. The van der Waals surface area contributed by atoms with Gasteiger partial charge in [0.2, 0.25) is 0 Å². The van der Waals surface area contributed by atoms with Crippen molar-refractivity contribution in [2.45, 2.75) is 58.0 Å². The maximum atomic E-state index is 6.69. The van der Waals surface area contributed by atoms with E-state index in [2.05, 4.69) is 88.4 Å². The highest BCUT2D eigenvalue weighted by Gasteiger charge is 2.61. The Kier molecular flexibility index (Phi) is 4.29. The molecule has 0 radical (unpaired) electrons. The predicted octanol–water partition coefficient (Wildman–Crippen LogP) is 5.55. The van der Waals surface area contributed by atoms with Crippen LogP contribution >= 0.6 is 0 Å². The monoisotopic (exact) mass is 348 g/mol. The summed E-state index contributed by atoms with van der Waals surface area (Å²) in [6.07, 6.45) is 3.30. The Balaban J connectivity index is 1.62. The van der Waals surface area contributed by atoms with Crippen LogP contribution in [0.3, 0.4) is 0 Å². The van der Waals surface area contributed by atoms with Crippen LogP contribution in [0.25, 0.3) is 5.57 Å². The molecule has 3 atom stereocenters. The second kappa shape index (κ2) is 6.37. The number of hydrogen-bond donors (Lipinski definition) is 0. The molecule has 2 aliphatic heterocycles. The maximum absolute atomic E-state index is 6.69. The molecule has 26 heavy (non-hydrogen) atoms. The number of fused-ring (bicyclic) bond motifs is 2. The third kappa shape index (κ3) is 2.72. The van der Waals surface area contributed by atoms with Crippen LogP contribution in [0.1, 0.15) is 43.9 Å². The summed E-state index contributed by atoms with van der Waals surface area (Å²) in [4.78, 5) is 0. The van der Waals surface area contributed by atoms with E-state index in [-0.39, 0.29) is 17.3 Å². The molecule has 2 bridgehead atoms. The Hall–Kier alpha value is -1.90. The largest absolute Gasteiger partial charge is 0.370 e. The van der Waals surface area contributed by atoms with Gasteiger partial charge in [-0.25, -0.2) is 0 Å². The van der Waals surface area contributed by atoms with Gasteiger partial charge in [-0.3, -0.25) is 0 Å². The lowest BCUT2D eigenvalue weighted by molar-refractivity contribution is -0.0802. The molecular formula is C24H28O2. The van der Waals surface area contributed by atoms with E-state index in [0.29, 0.717) is 12.5 Å². The molecule has 2 aliphatic rings. The molecule has 0 saturated carbocycles. The van der Waals surface area contributed by atoms with E-state index in [0.717, 1.165) is 6.42 Å². The first-order chi connectivity index (χ1) is 12.4. The van der Waals surface area contributed by atoms with Crippen molar-refractivity contribution in [2.24, 2.45) is 5.92 Å². The van der Waals surface area contributed by atoms with Crippen molar-refractivity contribution in [3.8, 4) is 0 Å². The highest BCUT2D eigenvalue weighted by molar-refractivity contribution is 5.77. The normalized spacial score (nSPS) is 30.0. The lowest BCUT2D eigenvalue weighted by Gasteiger charge is -2.34. The number of aryl methyl sites for hydroxylation is 1. The lowest BCUT2D eigenvalue weighted by Crippen LogP contribution is -2.37. The second-order valence-electron chi connectivity index (χ2n) is 8.18. The minimum atomic E-state index is -0.363. The summed E-state index contributed by atoms with van der Waals surface area (Å²) in [5.41, 5.74) is 4.50. The number of hydrogen-bond acceptors (Lipinski definition) is 2. The summed E-state index contributed by atoms with van der Waals surface area (Å²) in [6.45, 7) is 9.47. The van der Waals surface area contributed by atoms with Gasteiger partial charge >= 0.3 is 0 Å². The molecule has 1 saturated heterocycles. The van der Waals surface area contributed by atoms with E-state index in [9.17, 15) is 0 Å². The van der Waals surface area contributed by atoms with Crippen LogP contribution < -0.4 is 0 Å². The van der Waals surface area contributed by atoms with E-state index in [1.54, 1.807) is 0 Å². The van der Waals surface area contributed by atoms with Gasteiger partial charge in [0.15, 0.2) is 0 Å². The Morgan fingerprint density at radius 2 is 1.77 bits per heavy atom. The fourth-order valence-corrected chi connectivity index (χ4v) is 4.47. The summed E-state index contributed by atoms with van der Waals surface area (Å²) >= 11 is 0. The third-order valence-corrected chi connectivity index (χ3v) is 6.14. The van der Waals surface area contributed by atoms with Gasteiger partial charge in [-0.15, -0.1) is 0 Å². The van der Waals surface area contributed by atoms with Crippen molar-refractivity contribution >= 4 is 5.57 Å². The van der Waals surface area contributed by atoms with Crippen LogP contribution in [0.2, 0.25) is 0 Å². The van der Waals surface area contributed by atoms with Crippen molar-refractivity contribution in [1.82, 2.24) is 0 Å². The van der Waals surface area contributed by atoms with Gasteiger partial charge in [0, 0.05) is 6.42 Å². The van der Waals surface area contributed by atoms with Crippen LogP contribution in [0.5, 0.6) is 0 Å². The van der Waals surface area contributed by atoms with Crippen molar-refractivity contribution in [3.05, 3.63) is 77.4 Å². The molecule has 0 aliphatic carbocycles. The van der Waals surface area contributed by atoms with Crippen LogP contribution in [0.15, 0.2) is 60.7 Å². The minimum Gasteiger partial charge on any atom is -0.370 e. The van der Waals surface area contributed by atoms with Crippen molar-refractivity contribution in [3.63, 3.8) is 0 Å². The summed E-state index contributed by atoms with van der Waals surface area (Å²) in [7, 11) is 0. The van der Waals surface area contributed by atoms with E-state index < -0.39 is 0 Å². The summed E-state index contributed by atoms with van der Waals surface area (Å²) in [6, 6.07) is 19.1. The fraction of sp³-hybridized carbons (Fsp3) is 0.417. The van der Waals surface area contributed by atoms with Crippen LogP contribution in [0, 0.1) is 12.8 Å². The maximum Gasteiger partial charge on any atom is 0.112 e. The highest BCUT2D eigenvalue weighted by Crippen LogP contribution is 2.57. The first-order valence-corrected chi connectivity index (χ1v) is 9.60. The third-order valence-electron chi connectivity index (χ3n) is 6.14. The zero-order valence-electron chi connectivity index (χ0n) is 16.2. The average Bonchev–Trinajstić information content (AvgIpc) is 3.11. The molecule has 2 heterocycles. The number of benzene rings is 2. The highest BCUT2D eigenvalue weighted by atomic mass is 16.6. The van der Waals surface area contributed by atoms with Crippen molar-refractivity contribution < 1.29 is 9.47 Å². The second-order valence-corrected chi connectivity index (χ2v) is 8.18. The quantitative estimate of drug-likeness (QED) is 0.705. The van der Waals surface area contributed by atoms with Gasteiger partial charge in [-0.1, -0.05) is 68.4 Å². The fourth-order valence-electron chi connectivity index (χ4n) is 4.47. The Morgan fingerprint density at radius 3 is 2.46 bits per heavy atom. The lowest BCUT2D eigenvalue weighted by atomic mass is 9.73. The minimum absolute atomic E-state index is 0.0805. The number of ether oxygens (including phenoxy) is 2. The zero-order chi connectivity index (χ0) is 18.4. The van der Waals surface area contributed by atoms with Gasteiger partial charge in [-0.2, -0.15) is 0 Å². The molecule has 0 aromatic heterocycles. The summed E-state index contributed by atoms with van der Waals surface area (Å²) in [5, 5.41) is 0. The Morgan fingerprint density at radius 1 is 1.08 bits per heavy atom. The molecule has 136 valence electrons. The van der Waals surface area contributed by atoms with Crippen molar-refractivity contribution in [2.75, 3.05) is 0 Å². The SMILES string of the molecule is Cc1ccccc1CO[C@@H]1C[C@]2(C(C)C)O[C@@]1(C)C=C2c1ccccc1. The van der Waals surface area contributed by atoms with Gasteiger partial charge < -0.3 is 9.47 Å². The van der Waals surface area contributed by atoms with Crippen LogP contribution in [-0.2, 0) is 16.1 Å². The van der Waals surface area contributed by atoms with Crippen LogP contribution in [-0.4, -0.2) is 17.3 Å². The van der Waals surface area contributed by atoms with Gasteiger partial charge in [0.1, 0.15) is 5.60 Å². The first kappa shape index (κ1) is 17.5. The molecule has 0 N–H and O–H groups in total. The molecule has 2 heteroatoms.